The van der Waals surface area contributed by atoms with Crippen molar-refractivity contribution in [3.05, 3.63) is 58.1 Å². The van der Waals surface area contributed by atoms with Gasteiger partial charge in [-0.15, -0.1) is 0 Å². The van der Waals surface area contributed by atoms with E-state index in [4.69, 9.17) is 5.73 Å². The first-order valence-corrected chi connectivity index (χ1v) is 8.33. The SMILES string of the molecule is Nc1ccc2c(c1)CN(S(=O)(=O)c1ccc(Br)cc1)C2. The molecule has 0 amide bonds. The third-order valence-corrected chi connectivity index (χ3v) is 5.71. The Labute approximate surface area is 126 Å². The molecule has 0 atom stereocenters. The van der Waals surface area contributed by atoms with E-state index in [0.717, 1.165) is 15.6 Å². The zero-order valence-electron chi connectivity index (χ0n) is 10.6. The van der Waals surface area contributed by atoms with Crippen LogP contribution >= 0.6 is 15.9 Å². The Morgan fingerprint density at radius 1 is 1.00 bits per heavy atom. The van der Waals surface area contributed by atoms with Crippen LogP contribution in [0.4, 0.5) is 5.69 Å². The average Bonchev–Trinajstić information content (AvgIpc) is 2.83. The summed E-state index contributed by atoms with van der Waals surface area (Å²) < 4.78 is 27.5. The summed E-state index contributed by atoms with van der Waals surface area (Å²) in [5, 5.41) is 0. The lowest BCUT2D eigenvalue weighted by Crippen LogP contribution is -2.25. The molecule has 0 unspecified atom stereocenters. The van der Waals surface area contributed by atoms with Crippen LogP contribution < -0.4 is 5.73 Å². The minimum atomic E-state index is -3.46. The average molecular weight is 353 g/mol. The molecule has 6 heteroatoms. The highest BCUT2D eigenvalue weighted by Crippen LogP contribution is 2.30. The summed E-state index contributed by atoms with van der Waals surface area (Å²) in [6.45, 7) is 0.771. The Balaban J connectivity index is 1.93. The molecule has 3 rings (SSSR count). The van der Waals surface area contributed by atoms with Crippen molar-refractivity contribution < 1.29 is 8.42 Å². The number of hydrogen-bond acceptors (Lipinski definition) is 3. The Kier molecular flexibility index (Phi) is 3.32. The van der Waals surface area contributed by atoms with E-state index in [1.54, 1.807) is 30.3 Å². The van der Waals surface area contributed by atoms with Gasteiger partial charge in [0.1, 0.15) is 0 Å². The molecular formula is C14H13BrN2O2S. The van der Waals surface area contributed by atoms with Crippen LogP contribution in [0.2, 0.25) is 0 Å². The smallest absolute Gasteiger partial charge is 0.243 e. The number of hydrogen-bond donors (Lipinski definition) is 1. The van der Waals surface area contributed by atoms with Gasteiger partial charge in [-0.3, -0.25) is 0 Å². The third-order valence-electron chi connectivity index (χ3n) is 3.38. The molecular weight excluding hydrogens is 340 g/mol. The number of fused-ring (bicyclic) bond motifs is 1. The van der Waals surface area contributed by atoms with Gasteiger partial charge >= 0.3 is 0 Å². The van der Waals surface area contributed by atoms with Crippen LogP contribution in [0.5, 0.6) is 0 Å². The topological polar surface area (TPSA) is 63.4 Å². The van der Waals surface area contributed by atoms with Gasteiger partial charge in [-0.25, -0.2) is 8.42 Å². The Bertz CT molecular complexity index is 757. The van der Waals surface area contributed by atoms with Gasteiger partial charge in [-0.1, -0.05) is 22.0 Å². The van der Waals surface area contributed by atoms with E-state index in [1.807, 2.05) is 12.1 Å². The van der Waals surface area contributed by atoms with E-state index < -0.39 is 10.0 Å². The number of rotatable bonds is 2. The van der Waals surface area contributed by atoms with Gasteiger partial charge in [-0.05, 0) is 47.5 Å². The summed E-state index contributed by atoms with van der Waals surface area (Å²) >= 11 is 3.30. The Morgan fingerprint density at radius 2 is 1.65 bits per heavy atom. The number of halogens is 1. The zero-order valence-corrected chi connectivity index (χ0v) is 13.0. The van der Waals surface area contributed by atoms with Gasteiger partial charge in [0.05, 0.1) is 4.90 Å². The number of anilines is 1. The van der Waals surface area contributed by atoms with Crippen LogP contribution in [0.25, 0.3) is 0 Å². The van der Waals surface area contributed by atoms with Crippen LogP contribution in [0.3, 0.4) is 0 Å². The number of sulfonamides is 1. The van der Waals surface area contributed by atoms with E-state index in [-0.39, 0.29) is 0 Å². The van der Waals surface area contributed by atoms with Crippen molar-refractivity contribution in [2.24, 2.45) is 0 Å². The molecule has 0 radical (unpaired) electrons. The summed E-state index contributed by atoms with van der Waals surface area (Å²) in [5.41, 5.74) is 8.39. The Hall–Kier alpha value is -1.37. The van der Waals surface area contributed by atoms with Gasteiger partial charge in [0, 0.05) is 23.2 Å². The molecule has 0 aliphatic carbocycles. The predicted molar refractivity (Wildman–Crippen MR) is 81.4 cm³/mol. The van der Waals surface area contributed by atoms with Gasteiger partial charge in [0.15, 0.2) is 0 Å². The number of benzene rings is 2. The molecule has 0 fully saturated rings. The first-order chi connectivity index (χ1) is 9.46. The molecule has 2 aromatic carbocycles. The van der Waals surface area contributed by atoms with Crippen molar-refractivity contribution in [2.45, 2.75) is 18.0 Å². The monoisotopic (exact) mass is 352 g/mol. The maximum atomic E-state index is 12.6. The predicted octanol–water partition coefficient (Wildman–Crippen LogP) is 2.74. The highest BCUT2D eigenvalue weighted by Gasteiger charge is 2.30. The number of nitrogen functional groups attached to an aromatic ring is 1. The maximum Gasteiger partial charge on any atom is 0.243 e. The highest BCUT2D eigenvalue weighted by atomic mass is 79.9. The number of nitrogens with two attached hydrogens (primary N) is 1. The molecule has 0 spiro atoms. The van der Waals surface area contributed by atoms with E-state index in [1.165, 1.54) is 4.31 Å². The van der Waals surface area contributed by atoms with Gasteiger partial charge in [0.25, 0.3) is 0 Å². The van der Waals surface area contributed by atoms with E-state index in [0.29, 0.717) is 23.7 Å². The second kappa shape index (κ2) is 4.87. The molecule has 1 aliphatic heterocycles. The van der Waals surface area contributed by atoms with Crippen molar-refractivity contribution in [3.8, 4) is 0 Å². The van der Waals surface area contributed by atoms with Crippen LogP contribution in [0.15, 0.2) is 51.8 Å². The summed E-state index contributed by atoms with van der Waals surface area (Å²) in [6.07, 6.45) is 0. The highest BCUT2D eigenvalue weighted by molar-refractivity contribution is 9.10. The lowest BCUT2D eigenvalue weighted by Gasteiger charge is -2.15. The van der Waals surface area contributed by atoms with Gasteiger partial charge < -0.3 is 5.73 Å². The standard InChI is InChI=1S/C14H13BrN2O2S/c15-12-2-5-14(6-3-12)20(18,19)17-8-10-1-4-13(16)7-11(10)9-17/h1-7H,8-9,16H2. The van der Waals surface area contributed by atoms with Crippen LogP contribution in [-0.2, 0) is 23.1 Å². The zero-order chi connectivity index (χ0) is 14.3. The van der Waals surface area contributed by atoms with Gasteiger partial charge in [0.2, 0.25) is 10.0 Å². The summed E-state index contributed by atoms with van der Waals surface area (Å²) in [7, 11) is -3.46. The van der Waals surface area contributed by atoms with E-state index in [9.17, 15) is 8.42 Å². The lowest BCUT2D eigenvalue weighted by molar-refractivity contribution is 0.431. The lowest BCUT2D eigenvalue weighted by atomic mass is 10.1. The first-order valence-electron chi connectivity index (χ1n) is 6.10. The van der Waals surface area contributed by atoms with Crippen molar-refractivity contribution in [1.29, 1.82) is 0 Å². The fourth-order valence-electron chi connectivity index (χ4n) is 2.31. The molecule has 2 aromatic rings. The fraction of sp³-hybridized carbons (Fsp3) is 0.143. The summed E-state index contributed by atoms with van der Waals surface area (Å²) in [6, 6.07) is 12.2. The van der Waals surface area contributed by atoms with Crippen molar-refractivity contribution in [1.82, 2.24) is 4.31 Å². The van der Waals surface area contributed by atoms with Crippen molar-refractivity contribution in [2.75, 3.05) is 5.73 Å². The number of nitrogens with zero attached hydrogens (tertiary/aromatic N) is 1. The second-order valence-electron chi connectivity index (χ2n) is 4.76. The first kappa shape index (κ1) is 13.6. The largest absolute Gasteiger partial charge is 0.399 e. The molecule has 0 aromatic heterocycles. The molecule has 104 valence electrons. The second-order valence-corrected chi connectivity index (χ2v) is 7.61. The third kappa shape index (κ3) is 2.34. The van der Waals surface area contributed by atoms with Gasteiger partial charge in [-0.2, -0.15) is 4.31 Å². The van der Waals surface area contributed by atoms with Crippen molar-refractivity contribution >= 4 is 31.6 Å². The fourth-order valence-corrected chi connectivity index (χ4v) is 3.97. The molecule has 4 nitrogen and oxygen atoms in total. The van der Waals surface area contributed by atoms with Crippen molar-refractivity contribution in [3.63, 3.8) is 0 Å². The summed E-state index contributed by atoms with van der Waals surface area (Å²) in [4.78, 5) is 0.307. The molecule has 0 saturated carbocycles. The normalized spacial score (nSPS) is 15.2. The minimum absolute atomic E-state index is 0.307. The molecule has 1 heterocycles. The Morgan fingerprint density at radius 3 is 2.35 bits per heavy atom. The summed E-state index contributed by atoms with van der Waals surface area (Å²) in [5.74, 6) is 0. The molecule has 2 N–H and O–H groups in total. The molecule has 1 aliphatic rings. The minimum Gasteiger partial charge on any atom is -0.399 e. The molecule has 20 heavy (non-hydrogen) atoms. The van der Waals surface area contributed by atoms with E-state index >= 15 is 0 Å². The van der Waals surface area contributed by atoms with Crippen LogP contribution in [0.1, 0.15) is 11.1 Å². The molecule has 0 saturated heterocycles. The van der Waals surface area contributed by atoms with E-state index in [2.05, 4.69) is 15.9 Å². The van der Waals surface area contributed by atoms with Crippen LogP contribution in [0, 0.1) is 0 Å². The van der Waals surface area contributed by atoms with Crippen LogP contribution in [-0.4, -0.2) is 12.7 Å². The maximum absolute atomic E-state index is 12.6. The quantitative estimate of drug-likeness (QED) is 0.845. The molecule has 0 bridgehead atoms.